The summed E-state index contributed by atoms with van der Waals surface area (Å²) in [5.41, 5.74) is 0. The average Bonchev–Trinajstić information content (AvgIpc) is 3.21. The van der Waals surface area contributed by atoms with Gasteiger partial charge in [0, 0.05) is 11.7 Å². The predicted octanol–water partition coefficient (Wildman–Crippen LogP) is 8.21. The van der Waals surface area contributed by atoms with E-state index in [9.17, 15) is 4.79 Å². The van der Waals surface area contributed by atoms with Crippen molar-refractivity contribution in [2.45, 2.75) is 147 Å². The van der Waals surface area contributed by atoms with Gasteiger partial charge >= 0.3 is 0 Å². The Morgan fingerprint density at radius 3 is 1.73 bits per heavy atom. The molecule has 1 aliphatic rings. The molecule has 0 aromatic heterocycles. The zero-order valence-corrected chi connectivity index (χ0v) is 27.5. The monoisotopic (exact) mass is 534 g/mol. The molecule has 1 aliphatic heterocycles. The molecule has 0 radical (unpaired) electrons. The zero-order chi connectivity index (χ0) is 25.5. The molecule has 0 spiro atoms. The van der Waals surface area contributed by atoms with Crippen LogP contribution in [0.5, 0.6) is 0 Å². The minimum absolute atomic E-state index is 0.0869. The number of rotatable bonds is 15. The number of hydrogen-bond acceptors (Lipinski definition) is 5. The molecule has 0 bridgehead atoms. The lowest BCUT2D eigenvalue weighted by atomic mass is 10.1. The van der Waals surface area contributed by atoms with Crippen LogP contribution < -0.4 is 0 Å². The third kappa shape index (κ3) is 8.29. The van der Waals surface area contributed by atoms with E-state index in [1.165, 1.54) is 11.8 Å². The molecular weight excluding hydrogens is 481 g/mol. The Kier molecular flexibility index (Phi) is 12.6. The maximum absolute atomic E-state index is 12.3. The minimum Gasteiger partial charge on any atom is -0.414 e. The third-order valence-corrected chi connectivity index (χ3v) is 23.8. The van der Waals surface area contributed by atoms with Crippen LogP contribution in [-0.4, -0.2) is 54.1 Å². The van der Waals surface area contributed by atoms with Crippen molar-refractivity contribution in [3.05, 3.63) is 0 Å². The lowest BCUT2D eigenvalue weighted by Gasteiger charge is -2.45. The summed E-state index contributed by atoms with van der Waals surface area (Å²) in [5, 5.41) is 0.569. The van der Waals surface area contributed by atoms with Gasteiger partial charge < -0.3 is 13.3 Å². The Morgan fingerprint density at radius 2 is 1.36 bits per heavy atom. The summed E-state index contributed by atoms with van der Waals surface area (Å²) in [4.78, 5) is 12.3. The highest BCUT2D eigenvalue weighted by Crippen LogP contribution is 2.42. The van der Waals surface area contributed by atoms with Gasteiger partial charge in [0.2, 0.25) is 0 Å². The van der Waals surface area contributed by atoms with Gasteiger partial charge in [-0.1, -0.05) is 74.1 Å². The fourth-order valence-electron chi connectivity index (χ4n) is 4.52. The van der Waals surface area contributed by atoms with Crippen molar-refractivity contribution < 1.29 is 18.1 Å². The van der Waals surface area contributed by atoms with E-state index >= 15 is 0 Å². The zero-order valence-electron chi connectivity index (χ0n) is 23.6. The summed E-state index contributed by atoms with van der Waals surface area (Å²) in [6, 6.07) is 6.73. The summed E-state index contributed by atoms with van der Waals surface area (Å²) >= 11 is 1.50. The highest BCUT2D eigenvalue weighted by molar-refractivity contribution is 8.14. The first-order valence-electron chi connectivity index (χ1n) is 13.5. The molecule has 0 aromatic carbocycles. The van der Waals surface area contributed by atoms with Gasteiger partial charge in [-0.25, -0.2) is 0 Å². The van der Waals surface area contributed by atoms with Crippen LogP contribution >= 0.6 is 11.8 Å². The van der Waals surface area contributed by atoms with Crippen molar-refractivity contribution in [3.63, 3.8) is 0 Å². The van der Waals surface area contributed by atoms with E-state index in [0.717, 1.165) is 42.7 Å². The molecule has 0 unspecified atom stereocenters. The third-order valence-electron chi connectivity index (χ3n) is 8.71. The molecule has 1 rings (SSSR count). The molecule has 0 amide bonds. The number of carbonyl (C=O) groups excluding carboxylic acids is 1. The SMILES string of the molecule is CC[Si](CC)(CC)OC[C@@H](O[Si](CC)(CC)CC)[C@@H](O[Si](C)(C)C(C)(C)C)[C@H]1CCC(=O)S1. The van der Waals surface area contributed by atoms with Gasteiger partial charge in [0.1, 0.15) is 0 Å². The number of thioether (sulfide) groups is 1. The Hall–Kier alpha value is 0.551. The van der Waals surface area contributed by atoms with Gasteiger partial charge in [-0.15, -0.1) is 0 Å². The second-order valence-electron chi connectivity index (χ2n) is 11.4. The molecule has 1 saturated heterocycles. The maximum atomic E-state index is 12.3. The van der Waals surface area contributed by atoms with E-state index < -0.39 is 25.0 Å². The van der Waals surface area contributed by atoms with Crippen molar-refractivity contribution in [1.29, 1.82) is 0 Å². The summed E-state index contributed by atoms with van der Waals surface area (Å²) in [7, 11) is -5.71. The molecule has 0 aliphatic carbocycles. The van der Waals surface area contributed by atoms with E-state index in [0.29, 0.717) is 18.1 Å². The second-order valence-corrected chi connectivity index (χ2v) is 26.9. The molecule has 1 heterocycles. The Labute approximate surface area is 213 Å². The van der Waals surface area contributed by atoms with Crippen molar-refractivity contribution in [3.8, 4) is 0 Å². The summed E-state index contributed by atoms with van der Waals surface area (Å²) in [5.74, 6) is 0. The van der Waals surface area contributed by atoms with Gasteiger partial charge in [-0.2, -0.15) is 0 Å². The smallest absolute Gasteiger partial charge is 0.192 e. The predicted molar refractivity (Wildman–Crippen MR) is 153 cm³/mol. The molecule has 1 fully saturated rings. The highest BCUT2D eigenvalue weighted by atomic mass is 32.2. The first-order chi connectivity index (χ1) is 15.3. The largest absolute Gasteiger partial charge is 0.414 e. The maximum Gasteiger partial charge on any atom is 0.192 e. The molecule has 3 atom stereocenters. The minimum atomic E-state index is -2.06. The van der Waals surface area contributed by atoms with Crippen LogP contribution in [0.25, 0.3) is 0 Å². The fourth-order valence-corrected chi connectivity index (χ4v) is 12.6. The van der Waals surface area contributed by atoms with E-state index in [-0.39, 0.29) is 22.5 Å². The van der Waals surface area contributed by atoms with E-state index in [1.54, 1.807) is 0 Å². The van der Waals surface area contributed by atoms with Crippen LogP contribution in [0.2, 0.25) is 54.4 Å². The lowest BCUT2D eigenvalue weighted by molar-refractivity contribution is -0.110. The normalized spacial score (nSPS) is 20.3. The molecule has 8 heteroatoms. The number of hydrogen-bond donors (Lipinski definition) is 0. The molecule has 196 valence electrons. The van der Waals surface area contributed by atoms with Gasteiger partial charge in [0.25, 0.3) is 0 Å². The Balaban J connectivity index is 3.41. The Morgan fingerprint density at radius 1 is 0.879 bits per heavy atom. The summed E-state index contributed by atoms with van der Waals surface area (Å²) in [6.45, 7) is 25.9. The lowest BCUT2D eigenvalue weighted by Crippen LogP contribution is -2.56. The Bertz CT molecular complexity index is 584. The van der Waals surface area contributed by atoms with Gasteiger partial charge in [-0.05, 0) is 60.8 Å². The van der Waals surface area contributed by atoms with E-state index in [1.807, 2.05) is 0 Å². The van der Waals surface area contributed by atoms with Crippen LogP contribution in [0.3, 0.4) is 0 Å². The average molecular weight is 535 g/mol. The van der Waals surface area contributed by atoms with Gasteiger partial charge in [0.05, 0.1) is 18.8 Å². The molecule has 33 heavy (non-hydrogen) atoms. The first kappa shape index (κ1) is 31.6. The topological polar surface area (TPSA) is 44.8 Å². The van der Waals surface area contributed by atoms with Gasteiger partial charge in [0.15, 0.2) is 30.1 Å². The van der Waals surface area contributed by atoms with Crippen LogP contribution in [0, 0.1) is 0 Å². The molecular formula is C25H54O4SSi3. The van der Waals surface area contributed by atoms with Crippen molar-refractivity contribution in [1.82, 2.24) is 0 Å². The van der Waals surface area contributed by atoms with Crippen LogP contribution in [0.4, 0.5) is 0 Å². The highest BCUT2D eigenvalue weighted by Gasteiger charge is 2.47. The van der Waals surface area contributed by atoms with Crippen molar-refractivity contribution >= 4 is 41.8 Å². The number of carbonyl (C=O) groups is 1. The first-order valence-corrected chi connectivity index (χ1v) is 22.3. The second kappa shape index (κ2) is 13.2. The van der Waals surface area contributed by atoms with Crippen LogP contribution in [0.15, 0.2) is 0 Å². The van der Waals surface area contributed by atoms with Crippen molar-refractivity contribution in [2.24, 2.45) is 0 Å². The molecule has 4 nitrogen and oxygen atoms in total. The summed E-state index contributed by atoms with van der Waals surface area (Å²) < 4.78 is 21.2. The van der Waals surface area contributed by atoms with Crippen LogP contribution in [-0.2, 0) is 18.1 Å². The standard InChI is InChI=1S/C25H54O4SSi3/c1-12-32(13-2,14-3)27-20-21(28-33(15-4,16-5)17-6)24(22-18-19-23(26)30-22)29-31(10,11)25(7,8)9/h21-22,24H,12-20H2,1-11H3/t21-,22-,24-/m1/s1. The quantitative estimate of drug-likeness (QED) is 0.198. The molecule has 0 saturated carbocycles. The van der Waals surface area contributed by atoms with Crippen LogP contribution in [0.1, 0.15) is 75.2 Å². The van der Waals surface area contributed by atoms with Gasteiger partial charge in [-0.3, -0.25) is 4.79 Å². The fraction of sp³-hybridized carbons (Fsp3) is 0.960. The molecule has 0 N–H and O–H groups in total. The van der Waals surface area contributed by atoms with Crippen molar-refractivity contribution in [2.75, 3.05) is 6.61 Å². The van der Waals surface area contributed by atoms with E-state index in [2.05, 4.69) is 75.4 Å². The summed E-state index contributed by atoms with van der Waals surface area (Å²) in [6.07, 6.45) is 1.36. The molecule has 0 aromatic rings. The van der Waals surface area contributed by atoms with E-state index in [4.69, 9.17) is 13.3 Å².